The van der Waals surface area contributed by atoms with Gasteiger partial charge < -0.3 is 5.11 Å². The first-order valence-electron chi connectivity index (χ1n) is 7.60. The molecule has 1 fully saturated rings. The predicted octanol–water partition coefficient (Wildman–Crippen LogP) is 4.37. The van der Waals surface area contributed by atoms with Gasteiger partial charge in [0.1, 0.15) is 0 Å². The maximum Gasteiger partial charge on any atom is 0.311 e. The molecule has 0 aliphatic heterocycles. The SMILES string of the molecule is O=C(O)C(Cc1cccc(C2CCC2)c1)c1ccccc1. The lowest BCUT2D eigenvalue weighted by Crippen LogP contribution is -2.15. The standard InChI is InChI=1S/C19H20O2/c20-19(21)18(16-7-2-1-3-8-16)13-14-6-4-11-17(12-14)15-9-5-10-15/h1-4,6-8,11-12,15,18H,5,9-10,13H2,(H,20,21). The molecule has 21 heavy (non-hydrogen) atoms. The molecule has 2 aromatic rings. The Morgan fingerprint density at radius 3 is 2.48 bits per heavy atom. The van der Waals surface area contributed by atoms with Gasteiger partial charge in [-0.3, -0.25) is 4.79 Å². The maximum absolute atomic E-state index is 11.6. The average Bonchev–Trinajstić information content (AvgIpc) is 2.44. The third-order valence-electron chi connectivity index (χ3n) is 4.47. The number of carboxylic acid groups (broad SMARTS) is 1. The molecule has 0 spiro atoms. The molecule has 2 aromatic carbocycles. The fourth-order valence-corrected chi connectivity index (χ4v) is 2.98. The number of rotatable bonds is 5. The van der Waals surface area contributed by atoms with Gasteiger partial charge in [0.15, 0.2) is 0 Å². The summed E-state index contributed by atoms with van der Waals surface area (Å²) in [6, 6.07) is 18.0. The van der Waals surface area contributed by atoms with E-state index in [-0.39, 0.29) is 0 Å². The highest BCUT2D eigenvalue weighted by molar-refractivity contribution is 5.76. The first-order chi connectivity index (χ1) is 10.2. The highest BCUT2D eigenvalue weighted by atomic mass is 16.4. The van der Waals surface area contributed by atoms with Crippen LogP contribution in [0.4, 0.5) is 0 Å². The topological polar surface area (TPSA) is 37.3 Å². The Hall–Kier alpha value is -2.09. The van der Waals surface area contributed by atoms with Gasteiger partial charge in [-0.15, -0.1) is 0 Å². The second-order valence-corrected chi connectivity index (χ2v) is 5.88. The second-order valence-electron chi connectivity index (χ2n) is 5.88. The molecule has 1 saturated carbocycles. The minimum atomic E-state index is -0.754. The summed E-state index contributed by atoms with van der Waals surface area (Å²) in [5.41, 5.74) is 3.37. The molecular weight excluding hydrogens is 260 g/mol. The van der Waals surface area contributed by atoms with Crippen LogP contribution in [0.25, 0.3) is 0 Å². The molecular formula is C19H20O2. The molecule has 108 valence electrons. The number of benzene rings is 2. The maximum atomic E-state index is 11.6. The zero-order valence-corrected chi connectivity index (χ0v) is 12.0. The van der Waals surface area contributed by atoms with E-state index in [1.165, 1.54) is 24.8 Å². The van der Waals surface area contributed by atoms with Gasteiger partial charge in [0.25, 0.3) is 0 Å². The van der Waals surface area contributed by atoms with Gasteiger partial charge in [0, 0.05) is 0 Å². The molecule has 2 heteroatoms. The molecule has 0 heterocycles. The van der Waals surface area contributed by atoms with Crippen LogP contribution in [0.1, 0.15) is 47.8 Å². The molecule has 0 radical (unpaired) electrons. The van der Waals surface area contributed by atoms with Crippen LogP contribution < -0.4 is 0 Å². The van der Waals surface area contributed by atoms with Crippen LogP contribution in [0.2, 0.25) is 0 Å². The van der Waals surface area contributed by atoms with Crippen molar-refractivity contribution in [1.29, 1.82) is 0 Å². The van der Waals surface area contributed by atoms with E-state index in [1.807, 2.05) is 36.4 Å². The summed E-state index contributed by atoms with van der Waals surface area (Å²) in [5.74, 6) is -0.539. The molecule has 3 rings (SSSR count). The van der Waals surface area contributed by atoms with Crippen molar-refractivity contribution in [2.75, 3.05) is 0 Å². The molecule has 2 nitrogen and oxygen atoms in total. The van der Waals surface area contributed by atoms with Crippen molar-refractivity contribution < 1.29 is 9.90 Å². The van der Waals surface area contributed by atoms with Crippen molar-refractivity contribution >= 4 is 5.97 Å². The van der Waals surface area contributed by atoms with E-state index in [9.17, 15) is 9.90 Å². The molecule has 0 amide bonds. The highest BCUT2D eigenvalue weighted by Crippen LogP contribution is 2.36. The minimum absolute atomic E-state index is 0.470. The number of hydrogen-bond donors (Lipinski definition) is 1. The molecule has 1 N–H and O–H groups in total. The first-order valence-corrected chi connectivity index (χ1v) is 7.60. The van der Waals surface area contributed by atoms with Gasteiger partial charge in [-0.2, -0.15) is 0 Å². The summed E-state index contributed by atoms with van der Waals surface area (Å²) in [4.78, 5) is 11.6. The molecule has 1 atom stereocenters. The van der Waals surface area contributed by atoms with E-state index >= 15 is 0 Å². The van der Waals surface area contributed by atoms with Gasteiger partial charge in [-0.25, -0.2) is 0 Å². The van der Waals surface area contributed by atoms with Crippen molar-refractivity contribution in [3.63, 3.8) is 0 Å². The van der Waals surface area contributed by atoms with Crippen LogP contribution in [0.5, 0.6) is 0 Å². The van der Waals surface area contributed by atoms with Crippen molar-refractivity contribution in [1.82, 2.24) is 0 Å². The molecule has 0 bridgehead atoms. The summed E-state index contributed by atoms with van der Waals surface area (Å²) >= 11 is 0. The lowest BCUT2D eigenvalue weighted by atomic mass is 9.79. The van der Waals surface area contributed by atoms with Crippen molar-refractivity contribution in [3.8, 4) is 0 Å². The number of hydrogen-bond acceptors (Lipinski definition) is 1. The van der Waals surface area contributed by atoms with Crippen LogP contribution in [-0.2, 0) is 11.2 Å². The second kappa shape index (κ2) is 6.13. The normalized spacial score (nSPS) is 16.2. The van der Waals surface area contributed by atoms with Crippen molar-refractivity contribution in [2.24, 2.45) is 0 Å². The van der Waals surface area contributed by atoms with E-state index in [1.54, 1.807) is 0 Å². The Morgan fingerprint density at radius 2 is 1.86 bits per heavy atom. The average molecular weight is 280 g/mol. The van der Waals surface area contributed by atoms with Crippen molar-refractivity contribution in [3.05, 3.63) is 71.3 Å². The lowest BCUT2D eigenvalue weighted by Gasteiger charge is -2.26. The Labute approximate surface area is 125 Å². The van der Waals surface area contributed by atoms with Gasteiger partial charge in [0.2, 0.25) is 0 Å². The fraction of sp³-hybridized carbons (Fsp3) is 0.316. The van der Waals surface area contributed by atoms with E-state index < -0.39 is 11.9 Å². The van der Waals surface area contributed by atoms with Gasteiger partial charge in [-0.1, -0.05) is 61.0 Å². The zero-order valence-electron chi connectivity index (χ0n) is 12.0. The minimum Gasteiger partial charge on any atom is -0.481 e. The van der Waals surface area contributed by atoms with Crippen LogP contribution >= 0.6 is 0 Å². The molecule has 0 aromatic heterocycles. The third-order valence-corrected chi connectivity index (χ3v) is 4.47. The van der Waals surface area contributed by atoms with Gasteiger partial charge in [0.05, 0.1) is 5.92 Å². The summed E-state index contributed by atoms with van der Waals surface area (Å²) in [7, 11) is 0. The summed E-state index contributed by atoms with van der Waals surface area (Å²) in [5, 5.41) is 9.52. The first kappa shape index (κ1) is 13.9. The van der Waals surface area contributed by atoms with Crippen LogP contribution in [0, 0.1) is 0 Å². The summed E-state index contributed by atoms with van der Waals surface area (Å²) in [6.45, 7) is 0. The van der Waals surface area contributed by atoms with Crippen LogP contribution in [-0.4, -0.2) is 11.1 Å². The van der Waals surface area contributed by atoms with Gasteiger partial charge in [-0.05, 0) is 41.9 Å². The highest BCUT2D eigenvalue weighted by Gasteiger charge is 2.22. The summed E-state index contributed by atoms with van der Waals surface area (Å²) < 4.78 is 0. The smallest absolute Gasteiger partial charge is 0.311 e. The number of aliphatic carboxylic acids is 1. The molecule has 1 aliphatic carbocycles. The van der Waals surface area contributed by atoms with E-state index in [0.29, 0.717) is 12.3 Å². The number of carboxylic acids is 1. The monoisotopic (exact) mass is 280 g/mol. The Morgan fingerprint density at radius 1 is 1.10 bits per heavy atom. The van der Waals surface area contributed by atoms with E-state index in [4.69, 9.17) is 0 Å². The van der Waals surface area contributed by atoms with Crippen LogP contribution in [0.3, 0.4) is 0 Å². The Balaban J connectivity index is 1.81. The van der Waals surface area contributed by atoms with Crippen LogP contribution in [0.15, 0.2) is 54.6 Å². The summed E-state index contributed by atoms with van der Waals surface area (Å²) in [6.07, 6.45) is 4.41. The quantitative estimate of drug-likeness (QED) is 0.883. The predicted molar refractivity (Wildman–Crippen MR) is 83.6 cm³/mol. The lowest BCUT2D eigenvalue weighted by molar-refractivity contribution is -0.138. The molecule has 0 saturated heterocycles. The molecule has 1 aliphatic rings. The molecule has 1 unspecified atom stereocenters. The Bertz CT molecular complexity index is 614. The zero-order chi connectivity index (χ0) is 14.7. The third kappa shape index (κ3) is 3.15. The van der Waals surface area contributed by atoms with Gasteiger partial charge >= 0.3 is 5.97 Å². The van der Waals surface area contributed by atoms with E-state index in [2.05, 4.69) is 18.2 Å². The fourth-order valence-electron chi connectivity index (χ4n) is 2.98. The Kier molecular flexibility index (Phi) is 4.05. The largest absolute Gasteiger partial charge is 0.481 e. The van der Waals surface area contributed by atoms with E-state index in [0.717, 1.165) is 11.1 Å². The number of carbonyl (C=O) groups is 1. The van der Waals surface area contributed by atoms with Crippen molar-refractivity contribution in [2.45, 2.75) is 37.5 Å².